The van der Waals surface area contributed by atoms with Gasteiger partial charge in [-0.05, 0) is 36.8 Å². The molecule has 1 fully saturated rings. The number of imidazole rings is 1. The fourth-order valence-electron chi connectivity index (χ4n) is 4.53. The smallest absolute Gasteiger partial charge is 0.332 e. The van der Waals surface area contributed by atoms with Crippen molar-refractivity contribution in [2.24, 2.45) is 5.92 Å². The molecule has 174 valence electrons. The lowest BCUT2D eigenvalue weighted by atomic mass is 9.89. The van der Waals surface area contributed by atoms with Gasteiger partial charge in [0.15, 0.2) is 5.65 Å². The molecule has 0 unspecified atom stereocenters. The van der Waals surface area contributed by atoms with Crippen LogP contribution in [0.4, 0.5) is 0 Å². The number of carbonyl (C=O) groups is 1. The van der Waals surface area contributed by atoms with E-state index in [0.29, 0.717) is 36.0 Å². The monoisotopic (exact) mass is 450 g/mol. The SMILES string of the molecule is CCCCn1c(=O)n(CC2CCCCC2)c(=O)c2[nH]c(-c3ccc(C=CC(=O)O)cc3)nc21. The first kappa shape index (κ1) is 22.8. The van der Waals surface area contributed by atoms with Crippen LogP contribution < -0.4 is 11.2 Å². The number of benzene rings is 1. The predicted molar refractivity (Wildman–Crippen MR) is 128 cm³/mol. The number of aromatic amines is 1. The summed E-state index contributed by atoms with van der Waals surface area (Å²) in [6.45, 7) is 3.04. The van der Waals surface area contributed by atoms with Crippen molar-refractivity contribution in [2.45, 2.75) is 65.0 Å². The van der Waals surface area contributed by atoms with E-state index in [2.05, 4.69) is 16.9 Å². The molecule has 8 nitrogen and oxygen atoms in total. The van der Waals surface area contributed by atoms with Gasteiger partial charge >= 0.3 is 11.7 Å². The van der Waals surface area contributed by atoms with E-state index in [1.807, 2.05) is 12.1 Å². The number of nitrogens with zero attached hydrogens (tertiary/aromatic N) is 3. The summed E-state index contributed by atoms with van der Waals surface area (Å²) in [7, 11) is 0. The lowest BCUT2D eigenvalue weighted by molar-refractivity contribution is -0.131. The molecule has 2 heterocycles. The molecule has 33 heavy (non-hydrogen) atoms. The van der Waals surface area contributed by atoms with Gasteiger partial charge in [0.1, 0.15) is 11.3 Å². The van der Waals surface area contributed by atoms with Crippen LogP contribution in [0.3, 0.4) is 0 Å². The lowest BCUT2D eigenvalue weighted by Crippen LogP contribution is -2.42. The van der Waals surface area contributed by atoms with Crippen molar-refractivity contribution in [1.29, 1.82) is 0 Å². The molecule has 8 heteroatoms. The Kier molecular flexibility index (Phi) is 6.91. The highest BCUT2D eigenvalue weighted by Gasteiger charge is 2.21. The Morgan fingerprint density at radius 3 is 2.55 bits per heavy atom. The number of carboxylic acid groups (broad SMARTS) is 1. The molecule has 4 rings (SSSR count). The molecule has 1 aliphatic carbocycles. The maximum atomic E-state index is 13.3. The number of aromatic nitrogens is 4. The molecule has 1 aromatic carbocycles. The van der Waals surface area contributed by atoms with Crippen molar-refractivity contribution in [3.05, 3.63) is 56.7 Å². The summed E-state index contributed by atoms with van der Waals surface area (Å²) in [5.74, 6) is -0.142. The van der Waals surface area contributed by atoms with E-state index < -0.39 is 5.97 Å². The van der Waals surface area contributed by atoms with E-state index in [-0.39, 0.29) is 11.2 Å². The molecule has 0 saturated heterocycles. The van der Waals surface area contributed by atoms with Gasteiger partial charge in [-0.1, -0.05) is 56.9 Å². The number of H-pyrrole nitrogens is 1. The number of fused-ring (bicyclic) bond motifs is 1. The third-order valence-electron chi connectivity index (χ3n) is 6.36. The topological polar surface area (TPSA) is 110 Å². The van der Waals surface area contributed by atoms with E-state index >= 15 is 0 Å². The van der Waals surface area contributed by atoms with E-state index in [1.165, 1.54) is 17.1 Å². The molecule has 1 saturated carbocycles. The standard InChI is InChI=1S/C25H30N4O4/c1-2-3-15-28-23-21(24(32)29(25(28)33)16-18-7-5-4-6-8-18)26-22(27-23)19-12-9-17(10-13-19)11-14-20(30)31/h9-14,18H,2-8,15-16H2,1H3,(H,26,27)(H,30,31). The summed E-state index contributed by atoms with van der Waals surface area (Å²) in [6, 6.07) is 7.20. The van der Waals surface area contributed by atoms with E-state index in [4.69, 9.17) is 5.11 Å². The van der Waals surface area contributed by atoms with Crippen molar-refractivity contribution in [1.82, 2.24) is 19.1 Å². The number of nitrogens with one attached hydrogen (secondary N) is 1. The average molecular weight is 451 g/mol. The fraction of sp³-hybridized carbons (Fsp3) is 0.440. The van der Waals surface area contributed by atoms with Crippen LogP contribution in [0, 0.1) is 5.92 Å². The van der Waals surface area contributed by atoms with Gasteiger partial charge in [0, 0.05) is 24.7 Å². The second kappa shape index (κ2) is 10.0. The minimum Gasteiger partial charge on any atom is -0.478 e. The van der Waals surface area contributed by atoms with Crippen molar-refractivity contribution in [3.8, 4) is 11.4 Å². The summed E-state index contributed by atoms with van der Waals surface area (Å²) < 4.78 is 3.03. The maximum absolute atomic E-state index is 13.3. The minimum atomic E-state index is -1.01. The second-order valence-corrected chi connectivity index (χ2v) is 8.79. The number of carboxylic acids is 1. The largest absolute Gasteiger partial charge is 0.478 e. The second-order valence-electron chi connectivity index (χ2n) is 8.79. The number of aryl methyl sites for hydroxylation is 1. The zero-order valence-corrected chi connectivity index (χ0v) is 18.9. The third kappa shape index (κ3) is 4.99. The number of hydrogen-bond acceptors (Lipinski definition) is 4. The maximum Gasteiger partial charge on any atom is 0.332 e. The Bertz CT molecular complexity index is 1270. The van der Waals surface area contributed by atoms with Crippen LogP contribution in [0.5, 0.6) is 0 Å². The van der Waals surface area contributed by atoms with Gasteiger partial charge in [0.25, 0.3) is 5.56 Å². The fourth-order valence-corrected chi connectivity index (χ4v) is 4.53. The molecule has 3 aromatic rings. The van der Waals surface area contributed by atoms with Crippen molar-refractivity contribution in [2.75, 3.05) is 0 Å². The van der Waals surface area contributed by atoms with Gasteiger partial charge in [-0.25, -0.2) is 14.6 Å². The quantitative estimate of drug-likeness (QED) is 0.504. The zero-order valence-electron chi connectivity index (χ0n) is 18.9. The highest BCUT2D eigenvalue weighted by molar-refractivity contribution is 5.85. The number of unbranched alkanes of at least 4 members (excludes halogenated alkanes) is 1. The summed E-state index contributed by atoms with van der Waals surface area (Å²) in [6.07, 6.45) is 9.97. The molecule has 0 amide bonds. The highest BCUT2D eigenvalue weighted by Crippen LogP contribution is 2.25. The van der Waals surface area contributed by atoms with Crippen LogP contribution >= 0.6 is 0 Å². The summed E-state index contributed by atoms with van der Waals surface area (Å²) in [5, 5.41) is 8.79. The zero-order chi connectivity index (χ0) is 23.4. The van der Waals surface area contributed by atoms with Gasteiger partial charge in [-0.15, -0.1) is 0 Å². The number of rotatable bonds is 8. The Labute approximate surface area is 191 Å². The molecule has 0 aliphatic heterocycles. The lowest BCUT2D eigenvalue weighted by Gasteiger charge is -2.22. The van der Waals surface area contributed by atoms with Crippen LogP contribution in [-0.4, -0.2) is 30.2 Å². The first-order valence-electron chi connectivity index (χ1n) is 11.7. The van der Waals surface area contributed by atoms with Crippen LogP contribution in [0.25, 0.3) is 28.6 Å². The molecule has 0 atom stereocenters. The van der Waals surface area contributed by atoms with E-state index in [0.717, 1.165) is 55.7 Å². The molecule has 1 aliphatic rings. The van der Waals surface area contributed by atoms with Gasteiger partial charge in [-0.3, -0.25) is 13.9 Å². The molecular weight excluding hydrogens is 420 g/mol. The molecule has 2 aromatic heterocycles. The van der Waals surface area contributed by atoms with Crippen LogP contribution in [0.2, 0.25) is 0 Å². The van der Waals surface area contributed by atoms with Crippen molar-refractivity contribution < 1.29 is 9.90 Å². The molecule has 2 N–H and O–H groups in total. The van der Waals surface area contributed by atoms with Crippen LogP contribution in [0.15, 0.2) is 39.9 Å². The molecule has 0 radical (unpaired) electrons. The molecule has 0 bridgehead atoms. The molecule has 0 spiro atoms. The first-order chi connectivity index (χ1) is 16.0. The van der Waals surface area contributed by atoms with Crippen LogP contribution in [0.1, 0.15) is 57.4 Å². The average Bonchev–Trinajstić information content (AvgIpc) is 3.27. The Balaban J connectivity index is 1.76. The predicted octanol–water partition coefficient (Wildman–Crippen LogP) is 4.03. The summed E-state index contributed by atoms with van der Waals surface area (Å²) in [5.41, 5.74) is 1.65. The Morgan fingerprint density at radius 1 is 1.15 bits per heavy atom. The third-order valence-corrected chi connectivity index (χ3v) is 6.36. The Hall–Kier alpha value is -3.42. The number of aliphatic carboxylic acids is 1. The van der Waals surface area contributed by atoms with Gasteiger partial charge < -0.3 is 10.1 Å². The van der Waals surface area contributed by atoms with E-state index in [9.17, 15) is 14.4 Å². The van der Waals surface area contributed by atoms with Gasteiger partial charge in [0.2, 0.25) is 0 Å². The first-order valence-corrected chi connectivity index (χ1v) is 11.7. The van der Waals surface area contributed by atoms with Gasteiger partial charge in [-0.2, -0.15) is 0 Å². The van der Waals surface area contributed by atoms with E-state index in [1.54, 1.807) is 16.7 Å². The highest BCUT2D eigenvalue weighted by atomic mass is 16.4. The van der Waals surface area contributed by atoms with Gasteiger partial charge in [0.05, 0.1) is 0 Å². The summed E-state index contributed by atoms with van der Waals surface area (Å²) in [4.78, 5) is 45.1. The molecular formula is C25H30N4O4. The van der Waals surface area contributed by atoms with Crippen LogP contribution in [-0.2, 0) is 17.9 Å². The van der Waals surface area contributed by atoms with Crippen molar-refractivity contribution in [3.63, 3.8) is 0 Å². The summed E-state index contributed by atoms with van der Waals surface area (Å²) >= 11 is 0. The number of hydrogen-bond donors (Lipinski definition) is 2. The van der Waals surface area contributed by atoms with Crippen molar-refractivity contribution >= 4 is 23.2 Å². The Morgan fingerprint density at radius 2 is 1.88 bits per heavy atom. The minimum absolute atomic E-state index is 0.279. The normalized spacial score (nSPS) is 14.9.